The van der Waals surface area contributed by atoms with Crippen LogP contribution in [0.1, 0.15) is 80.2 Å². The van der Waals surface area contributed by atoms with E-state index in [0.717, 1.165) is 5.56 Å². The smallest absolute Gasteiger partial charge is 0.326 e. The summed E-state index contributed by atoms with van der Waals surface area (Å²) in [7, 11) is 8.45. The van der Waals surface area contributed by atoms with Crippen LogP contribution in [0.5, 0.6) is 0 Å². The van der Waals surface area contributed by atoms with Gasteiger partial charge in [-0.05, 0) is 49.8 Å². The lowest BCUT2D eigenvalue weighted by atomic mass is 9.89. The standard InChI is InChI=1S/C41H69N5O8/c1-14-27(7)36(45(11)40(50)34(24(2)3)43-39(49)35(25(4)5)44(9)10)32(53-12)22-33(47)46-23-26(6)20-31(46)37(54-13)28(8)38(48)42-30(41(51)52)21-29-18-16-15-17-19-29/h15-19,24-28,30-32,34-37H,14,20-23H2,1-13H3,(H,42,48)(H,43,49)(H,51,52)/t26-,27+,28-,30+,31+,32-,34+,35+,36+,37-/m1/s1. The molecular formula is C41H69N5O8. The molecular weight excluding hydrogens is 690 g/mol. The molecule has 10 atom stereocenters. The topological polar surface area (TPSA) is 158 Å². The maximum absolute atomic E-state index is 14.3. The molecule has 1 aromatic carbocycles. The van der Waals surface area contributed by atoms with Gasteiger partial charge in [0, 0.05) is 34.2 Å². The zero-order chi connectivity index (χ0) is 41.0. The summed E-state index contributed by atoms with van der Waals surface area (Å²) in [5.74, 6) is -3.11. The highest BCUT2D eigenvalue weighted by Crippen LogP contribution is 2.32. The summed E-state index contributed by atoms with van der Waals surface area (Å²) >= 11 is 0. The third kappa shape index (κ3) is 12.2. The van der Waals surface area contributed by atoms with E-state index in [-0.39, 0.29) is 54.2 Å². The average Bonchev–Trinajstić information content (AvgIpc) is 3.50. The van der Waals surface area contributed by atoms with Crippen LogP contribution < -0.4 is 10.6 Å². The van der Waals surface area contributed by atoms with Crippen LogP contribution in [-0.2, 0) is 39.9 Å². The van der Waals surface area contributed by atoms with Gasteiger partial charge in [-0.25, -0.2) is 4.79 Å². The molecule has 13 heteroatoms. The van der Waals surface area contributed by atoms with Crippen LogP contribution in [-0.4, -0.2) is 134 Å². The highest BCUT2D eigenvalue weighted by Gasteiger charge is 2.45. The third-order valence-corrected chi connectivity index (χ3v) is 11.1. The Kier molecular flexibility index (Phi) is 18.6. The van der Waals surface area contributed by atoms with Gasteiger partial charge >= 0.3 is 5.97 Å². The minimum atomic E-state index is -1.14. The Morgan fingerprint density at radius 3 is 2.00 bits per heavy atom. The number of methoxy groups -OCH3 is 2. The maximum atomic E-state index is 14.3. The van der Waals surface area contributed by atoms with Crippen LogP contribution in [0.2, 0.25) is 0 Å². The number of amides is 4. The minimum absolute atomic E-state index is 0.0176. The fourth-order valence-corrected chi connectivity index (χ4v) is 8.00. The van der Waals surface area contributed by atoms with E-state index in [2.05, 4.69) is 10.6 Å². The highest BCUT2D eigenvalue weighted by atomic mass is 16.5. The quantitative estimate of drug-likeness (QED) is 0.170. The first-order valence-corrected chi connectivity index (χ1v) is 19.5. The lowest BCUT2D eigenvalue weighted by Gasteiger charge is -2.41. The SMILES string of the molecule is CC[C@H](C)[C@@H]([C@@H](CC(=O)N1C[C@H](C)C[C@H]1[C@H](OC)[C@@H](C)C(=O)N[C@@H](Cc1ccccc1)C(=O)O)OC)N(C)C(=O)[C@@H](NC(=O)[C@H](C(C)C)N(C)C)C(C)C. The Hall–Kier alpha value is -3.55. The zero-order valence-corrected chi connectivity index (χ0v) is 35.0. The number of carboxylic acids is 1. The molecule has 0 unspecified atom stereocenters. The molecule has 0 bridgehead atoms. The van der Waals surface area contributed by atoms with E-state index in [4.69, 9.17) is 9.47 Å². The second-order valence-corrected chi connectivity index (χ2v) is 16.2. The number of aliphatic carboxylic acids is 1. The molecule has 306 valence electrons. The number of likely N-dealkylation sites (N-methyl/N-ethyl adjacent to an activating group) is 2. The Balaban J connectivity index is 2.32. The van der Waals surface area contributed by atoms with E-state index in [0.29, 0.717) is 19.4 Å². The molecule has 1 heterocycles. The van der Waals surface area contributed by atoms with Gasteiger partial charge in [0.1, 0.15) is 12.1 Å². The van der Waals surface area contributed by atoms with Crippen molar-refractivity contribution in [2.24, 2.45) is 29.6 Å². The molecule has 0 saturated carbocycles. The molecule has 13 nitrogen and oxygen atoms in total. The molecule has 1 saturated heterocycles. The first-order valence-electron chi connectivity index (χ1n) is 19.5. The van der Waals surface area contributed by atoms with Crippen molar-refractivity contribution in [3.8, 4) is 0 Å². The molecule has 0 radical (unpaired) electrons. The molecule has 1 aliphatic heterocycles. The van der Waals surface area contributed by atoms with Gasteiger partial charge < -0.3 is 35.0 Å². The van der Waals surface area contributed by atoms with Crippen LogP contribution in [0, 0.1) is 29.6 Å². The second-order valence-electron chi connectivity index (χ2n) is 16.2. The number of nitrogens with one attached hydrogen (secondary N) is 2. The van der Waals surface area contributed by atoms with Crippen molar-refractivity contribution >= 4 is 29.6 Å². The summed E-state index contributed by atoms with van der Waals surface area (Å²) in [5.41, 5.74) is 0.784. The molecule has 54 heavy (non-hydrogen) atoms. The molecule has 0 aliphatic carbocycles. The van der Waals surface area contributed by atoms with Crippen molar-refractivity contribution in [3.63, 3.8) is 0 Å². The van der Waals surface area contributed by atoms with Crippen molar-refractivity contribution in [3.05, 3.63) is 35.9 Å². The fraction of sp³-hybridized carbons (Fsp3) is 0.732. The van der Waals surface area contributed by atoms with E-state index in [1.165, 1.54) is 7.11 Å². The largest absolute Gasteiger partial charge is 0.480 e. The van der Waals surface area contributed by atoms with Gasteiger partial charge in [-0.15, -0.1) is 0 Å². The number of nitrogens with zero attached hydrogens (tertiary/aromatic N) is 3. The monoisotopic (exact) mass is 760 g/mol. The summed E-state index contributed by atoms with van der Waals surface area (Å²) in [6.07, 6.45) is 0.0582. The van der Waals surface area contributed by atoms with Crippen molar-refractivity contribution in [1.82, 2.24) is 25.3 Å². The van der Waals surface area contributed by atoms with E-state index < -0.39 is 60.2 Å². The first-order chi connectivity index (χ1) is 25.3. The molecule has 1 aliphatic rings. The summed E-state index contributed by atoms with van der Waals surface area (Å²) < 4.78 is 11.9. The molecule has 1 aromatic rings. The highest BCUT2D eigenvalue weighted by molar-refractivity contribution is 5.90. The second kappa shape index (κ2) is 21.5. The van der Waals surface area contributed by atoms with E-state index >= 15 is 0 Å². The van der Waals surface area contributed by atoms with Crippen molar-refractivity contribution < 1.29 is 38.6 Å². The van der Waals surface area contributed by atoms with Crippen molar-refractivity contribution in [1.29, 1.82) is 0 Å². The number of rotatable bonds is 21. The van der Waals surface area contributed by atoms with Gasteiger partial charge in [-0.1, -0.05) is 92.1 Å². The Morgan fingerprint density at radius 1 is 0.907 bits per heavy atom. The number of carbonyl (C=O) groups is 5. The van der Waals surface area contributed by atoms with Gasteiger partial charge in [-0.2, -0.15) is 0 Å². The summed E-state index contributed by atoms with van der Waals surface area (Å²) in [4.78, 5) is 72.9. The Labute approximate surface area is 323 Å². The van der Waals surface area contributed by atoms with Crippen LogP contribution in [0.3, 0.4) is 0 Å². The van der Waals surface area contributed by atoms with Crippen LogP contribution in [0.4, 0.5) is 0 Å². The Bertz CT molecular complexity index is 1370. The number of ether oxygens (including phenoxy) is 2. The van der Waals surface area contributed by atoms with Crippen LogP contribution in [0.15, 0.2) is 30.3 Å². The van der Waals surface area contributed by atoms with Gasteiger partial charge in [0.15, 0.2) is 0 Å². The predicted octanol–water partition coefficient (Wildman–Crippen LogP) is 3.69. The Morgan fingerprint density at radius 2 is 1.52 bits per heavy atom. The number of benzene rings is 1. The van der Waals surface area contributed by atoms with Gasteiger partial charge in [-0.3, -0.25) is 24.1 Å². The minimum Gasteiger partial charge on any atom is -0.480 e. The van der Waals surface area contributed by atoms with Crippen molar-refractivity contribution in [2.45, 2.75) is 123 Å². The van der Waals surface area contributed by atoms with Gasteiger partial charge in [0.05, 0.1) is 42.7 Å². The lowest BCUT2D eigenvalue weighted by Crippen LogP contribution is -2.59. The van der Waals surface area contributed by atoms with Crippen molar-refractivity contribution in [2.75, 3.05) is 41.9 Å². The predicted molar refractivity (Wildman–Crippen MR) is 209 cm³/mol. The number of carboxylic acid groups (broad SMARTS) is 1. The molecule has 4 amide bonds. The van der Waals surface area contributed by atoms with Gasteiger partial charge in [0.25, 0.3) is 0 Å². The van der Waals surface area contributed by atoms with E-state index in [1.54, 1.807) is 30.9 Å². The van der Waals surface area contributed by atoms with Crippen LogP contribution >= 0.6 is 0 Å². The van der Waals surface area contributed by atoms with E-state index in [1.807, 2.05) is 97.8 Å². The average molecular weight is 760 g/mol. The molecule has 0 aromatic heterocycles. The molecule has 2 rings (SSSR count). The summed E-state index contributed by atoms with van der Waals surface area (Å²) in [6, 6.07) is 5.86. The molecule has 1 fully saturated rings. The number of hydrogen-bond donors (Lipinski definition) is 3. The lowest BCUT2D eigenvalue weighted by molar-refractivity contribution is -0.148. The molecule has 0 spiro atoms. The maximum Gasteiger partial charge on any atom is 0.326 e. The molecule has 3 N–H and O–H groups in total. The summed E-state index contributed by atoms with van der Waals surface area (Å²) in [5, 5.41) is 15.6. The normalized spacial score (nSPS) is 20.5. The number of carbonyl (C=O) groups excluding carboxylic acids is 4. The summed E-state index contributed by atoms with van der Waals surface area (Å²) in [6.45, 7) is 16.0. The van der Waals surface area contributed by atoms with E-state index in [9.17, 15) is 29.1 Å². The third-order valence-electron chi connectivity index (χ3n) is 11.1. The number of likely N-dealkylation sites (tertiary alicyclic amines) is 1. The zero-order valence-electron chi connectivity index (χ0n) is 35.0. The fourth-order valence-electron chi connectivity index (χ4n) is 8.00. The first kappa shape index (κ1) is 46.6. The van der Waals surface area contributed by atoms with Crippen LogP contribution in [0.25, 0.3) is 0 Å². The van der Waals surface area contributed by atoms with Gasteiger partial charge in [0.2, 0.25) is 23.6 Å². The number of hydrogen-bond acceptors (Lipinski definition) is 8.